The zero-order valence-corrected chi connectivity index (χ0v) is 17.5. The number of hydrogen-bond acceptors (Lipinski definition) is 5. The van der Waals surface area contributed by atoms with E-state index in [2.05, 4.69) is 44.4 Å². The van der Waals surface area contributed by atoms with Crippen LogP contribution in [-0.2, 0) is 30.8 Å². The molecule has 7 nitrogen and oxygen atoms in total. The molecule has 0 aliphatic carbocycles. The van der Waals surface area contributed by atoms with Gasteiger partial charge in [-0.2, -0.15) is 5.10 Å². The van der Waals surface area contributed by atoms with Crippen molar-refractivity contribution in [2.75, 3.05) is 13.2 Å². The maximum atomic E-state index is 12.6. The normalized spacial score (nSPS) is 14.0. The lowest BCUT2D eigenvalue weighted by Crippen LogP contribution is -2.31. The monoisotopic (exact) mass is 415 g/mol. The Labute approximate surface area is 180 Å². The number of nitrogens with one attached hydrogen (secondary N) is 1. The van der Waals surface area contributed by atoms with Gasteiger partial charge in [-0.3, -0.25) is 14.6 Å². The van der Waals surface area contributed by atoms with Gasteiger partial charge in [-0.1, -0.05) is 24.3 Å². The van der Waals surface area contributed by atoms with Crippen LogP contribution in [0.5, 0.6) is 0 Å². The van der Waals surface area contributed by atoms with Gasteiger partial charge in [0.1, 0.15) is 0 Å². The minimum Gasteiger partial charge on any atom is -0.461 e. The summed E-state index contributed by atoms with van der Waals surface area (Å²) in [7, 11) is 0. The summed E-state index contributed by atoms with van der Waals surface area (Å²) in [5, 5.41) is 5.90. The molecule has 1 aromatic carbocycles. The van der Waals surface area contributed by atoms with E-state index in [1.54, 1.807) is 6.20 Å². The number of aromatic amines is 1. The van der Waals surface area contributed by atoms with Crippen LogP contribution in [0, 0.1) is 0 Å². The first-order valence-corrected chi connectivity index (χ1v) is 10.7. The van der Waals surface area contributed by atoms with Crippen LogP contribution in [0.1, 0.15) is 39.9 Å². The molecule has 0 saturated heterocycles. The van der Waals surface area contributed by atoms with Crippen LogP contribution in [0.2, 0.25) is 0 Å². The zero-order chi connectivity index (χ0) is 21.2. The lowest BCUT2D eigenvalue weighted by atomic mass is 10.0. The molecule has 0 amide bonds. The zero-order valence-electron chi connectivity index (χ0n) is 17.5. The molecule has 3 aromatic heterocycles. The van der Waals surface area contributed by atoms with E-state index in [0.717, 1.165) is 42.0 Å². The van der Waals surface area contributed by atoms with Gasteiger partial charge in [-0.15, -0.1) is 0 Å². The van der Waals surface area contributed by atoms with Gasteiger partial charge in [-0.25, -0.2) is 4.79 Å². The molecular formula is C24H25N5O2. The van der Waals surface area contributed by atoms with Gasteiger partial charge in [0, 0.05) is 60.6 Å². The van der Waals surface area contributed by atoms with E-state index in [-0.39, 0.29) is 5.97 Å². The molecule has 7 heteroatoms. The molecule has 1 aliphatic rings. The fourth-order valence-electron chi connectivity index (χ4n) is 4.32. The maximum absolute atomic E-state index is 12.6. The van der Waals surface area contributed by atoms with Crippen molar-refractivity contribution >= 4 is 16.9 Å². The molecule has 1 aliphatic heterocycles. The van der Waals surface area contributed by atoms with Crippen LogP contribution in [0.25, 0.3) is 10.9 Å². The summed E-state index contributed by atoms with van der Waals surface area (Å²) in [6.07, 6.45) is 4.69. The molecule has 4 aromatic rings. The Morgan fingerprint density at radius 3 is 2.87 bits per heavy atom. The standard InChI is InChI=1S/C24H25N5O2/c1-2-31-24(30)23-20-16-28(14-17-13-26-21-9-4-3-8-19(17)21)12-10-22(20)29(27-23)15-18-7-5-6-11-25-18/h3-9,11,13,26H,2,10,12,14-16H2,1H3. The smallest absolute Gasteiger partial charge is 0.359 e. The van der Waals surface area contributed by atoms with E-state index < -0.39 is 0 Å². The van der Waals surface area contributed by atoms with Crippen molar-refractivity contribution < 1.29 is 9.53 Å². The van der Waals surface area contributed by atoms with E-state index in [0.29, 0.717) is 25.4 Å². The van der Waals surface area contributed by atoms with E-state index in [4.69, 9.17) is 4.74 Å². The summed E-state index contributed by atoms with van der Waals surface area (Å²) in [5.74, 6) is -0.354. The summed E-state index contributed by atoms with van der Waals surface area (Å²) in [6, 6.07) is 14.2. The molecule has 0 spiro atoms. The van der Waals surface area contributed by atoms with Gasteiger partial charge < -0.3 is 9.72 Å². The molecule has 158 valence electrons. The highest BCUT2D eigenvalue weighted by Crippen LogP contribution is 2.27. The number of pyridine rings is 1. The molecule has 0 radical (unpaired) electrons. The number of nitrogens with zero attached hydrogens (tertiary/aromatic N) is 4. The first-order chi connectivity index (χ1) is 15.2. The number of rotatable bonds is 6. The van der Waals surface area contributed by atoms with Gasteiger partial charge in [0.15, 0.2) is 5.69 Å². The van der Waals surface area contributed by atoms with Crippen LogP contribution in [0.15, 0.2) is 54.9 Å². The van der Waals surface area contributed by atoms with Crippen molar-refractivity contribution in [1.82, 2.24) is 24.6 Å². The maximum Gasteiger partial charge on any atom is 0.359 e. The molecular weight excluding hydrogens is 390 g/mol. The van der Waals surface area contributed by atoms with E-state index >= 15 is 0 Å². The summed E-state index contributed by atoms with van der Waals surface area (Å²) >= 11 is 0. The predicted octanol–water partition coefficient (Wildman–Crippen LogP) is 3.54. The summed E-state index contributed by atoms with van der Waals surface area (Å²) in [5.41, 5.74) is 5.83. The van der Waals surface area contributed by atoms with Crippen molar-refractivity contribution in [3.8, 4) is 0 Å². The Balaban J connectivity index is 1.44. The van der Waals surface area contributed by atoms with Crippen LogP contribution < -0.4 is 0 Å². The largest absolute Gasteiger partial charge is 0.461 e. The number of benzene rings is 1. The molecule has 0 unspecified atom stereocenters. The fraction of sp³-hybridized carbons (Fsp3) is 0.292. The van der Waals surface area contributed by atoms with Gasteiger partial charge in [-0.05, 0) is 30.7 Å². The highest BCUT2D eigenvalue weighted by molar-refractivity contribution is 5.89. The third-order valence-corrected chi connectivity index (χ3v) is 5.79. The second-order valence-electron chi connectivity index (χ2n) is 7.79. The highest BCUT2D eigenvalue weighted by atomic mass is 16.5. The van der Waals surface area contributed by atoms with Crippen LogP contribution >= 0.6 is 0 Å². The number of carbonyl (C=O) groups is 1. The lowest BCUT2D eigenvalue weighted by molar-refractivity contribution is 0.0515. The third kappa shape index (κ3) is 3.84. The second-order valence-corrected chi connectivity index (χ2v) is 7.79. The topological polar surface area (TPSA) is 76.0 Å². The lowest BCUT2D eigenvalue weighted by Gasteiger charge is -2.27. The molecule has 0 atom stereocenters. The van der Waals surface area contributed by atoms with Crippen molar-refractivity contribution in [3.05, 3.63) is 83.1 Å². The molecule has 31 heavy (non-hydrogen) atoms. The fourth-order valence-corrected chi connectivity index (χ4v) is 4.32. The average Bonchev–Trinajstić information content (AvgIpc) is 3.36. The third-order valence-electron chi connectivity index (χ3n) is 5.79. The first-order valence-electron chi connectivity index (χ1n) is 10.7. The van der Waals surface area contributed by atoms with Crippen molar-refractivity contribution in [1.29, 1.82) is 0 Å². The van der Waals surface area contributed by atoms with E-state index in [9.17, 15) is 4.79 Å². The Kier molecular flexibility index (Phi) is 5.26. The minimum atomic E-state index is -0.354. The molecule has 5 rings (SSSR count). The first kappa shape index (κ1) is 19.5. The van der Waals surface area contributed by atoms with Crippen molar-refractivity contribution in [3.63, 3.8) is 0 Å². The number of esters is 1. The Hall–Kier alpha value is -3.45. The number of aromatic nitrogens is 4. The molecule has 1 N–H and O–H groups in total. The molecule has 0 saturated carbocycles. The quantitative estimate of drug-likeness (QED) is 0.488. The van der Waals surface area contributed by atoms with Crippen molar-refractivity contribution in [2.45, 2.75) is 33.0 Å². The van der Waals surface area contributed by atoms with E-state index in [1.807, 2.05) is 35.9 Å². The van der Waals surface area contributed by atoms with Gasteiger partial charge in [0.2, 0.25) is 0 Å². The van der Waals surface area contributed by atoms with Crippen LogP contribution in [0.3, 0.4) is 0 Å². The van der Waals surface area contributed by atoms with E-state index in [1.165, 1.54) is 10.9 Å². The summed E-state index contributed by atoms with van der Waals surface area (Å²) in [4.78, 5) is 22.8. The van der Waals surface area contributed by atoms with Crippen molar-refractivity contribution in [2.24, 2.45) is 0 Å². The minimum absolute atomic E-state index is 0.333. The second kappa shape index (κ2) is 8.35. The number of fused-ring (bicyclic) bond motifs is 2. The number of carbonyl (C=O) groups excluding carboxylic acids is 1. The number of H-pyrrole nitrogens is 1. The highest BCUT2D eigenvalue weighted by Gasteiger charge is 2.29. The average molecular weight is 415 g/mol. The Morgan fingerprint density at radius 2 is 2.03 bits per heavy atom. The van der Waals surface area contributed by atoms with Gasteiger partial charge >= 0.3 is 5.97 Å². The number of para-hydroxylation sites is 1. The van der Waals surface area contributed by atoms with Gasteiger partial charge in [0.05, 0.1) is 18.8 Å². The Bertz CT molecular complexity index is 1210. The molecule has 0 bridgehead atoms. The Morgan fingerprint density at radius 1 is 1.16 bits per heavy atom. The summed E-state index contributed by atoms with van der Waals surface area (Å²) in [6.45, 7) is 5.09. The number of hydrogen-bond donors (Lipinski definition) is 1. The predicted molar refractivity (Wildman–Crippen MR) is 118 cm³/mol. The summed E-state index contributed by atoms with van der Waals surface area (Å²) < 4.78 is 7.23. The van der Waals surface area contributed by atoms with Gasteiger partial charge in [0.25, 0.3) is 0 Å². The SMILES string of the molecule is CCOC(=O)c1nn(Cc2ccccn2)c2c1CN(Cc1c[nH]c3ccccc13)CC2. The van der Waals surface area contributed by atoms with Crippen LogP contribution in [0.4, 0.5) is 0 Å². The molecule has 4 heterocycles. The van der Waals surface area contributed by atoms with Crippen LogP contribution in [-0.4, -0.2) is 43.8 Å². The molecule has 0 fully saturated rings. The number of ether oxygens (including phenoxy) is 1.